The van der Waals surface area contributed by atoms with Gasteiger partial charge in [0.25, 0.3) is 0 Å². The smallest absolute Gasteiger partial charge is 0.0801 e. The predicted molar refractivity (Wildman–Crippen MR) is 80.9 cm³/mol. The van der Waals surface area contributed by atoms with Crippen LogP contribution in [0, 0.1) is 24.7 Å². The summed E-state index contributed by atoms with van der Waals surface area (Å²) in [7, 11) is 0. The molecule has 1 aromatic rings. The van der Waals surface area contributed by atoms with E-state index in [-0.39, 0.29) is 5.60 Å². The first-order valence-corrected chi connectivity index (χ1v) is 6.31. The van der Waals surface area contributed by atoms with Crippen molar-refractivity contribution in [2.75, 3.05) is 18.0 Å². The lowest BCUT2D eigenvalue weighted by Gasteiger charge is -2.21. The molecule has 0 aliphatic rings. The second-order valence-electron chi connectivity index (χ2n) is 5.33. The molecule has 0 bridgehead atoms. The molecule has 1 rings (SSSR count). The molecule has 100 valence electrons. The van der Waals surface area contributed by atoms with Crippen molar-refractivity contribution < 1.29 is 4.74 Å². The molecule has 0 aromatic heterocycles. The van der Waals surface area contributed by atoms with Crippen molar-refractivity contribution in [3.63, 3.8) is 0 Å². The van der Waals surface area contributed by atoms with E-state index in [0.29, 0.717) is 19.7 Å². The van der Waals surface area contributed by atoms with Crippen LogP contribution in [0.4, 0.5) is 5.69 Å². The van der Waals surface area contributed by atoms with Crippen molar-refractivity contribution >= 4 is 5.69 Å². The van der Waals surface area contributed by atoms with Gasteiger partial charge in [-0.1, -0.05) is 24.0 Å². The summed E-state index contributed by atoms with van der Waals surface area (Å²) >= 11 is 0. The molecule has 1 aromatic carbocycles. The lowest BCUT2D eigenvalue weighted by molar-refractivity contribution is -0.0149. The van der Waals surface area contributed by atoms with Gasteiger partial charge in [-0.2, -0.15) is 0 Å². The number of ether oxygens (including phenoxy) is 1. The van der Waals surface area contributed by atoms with Crippen molar-refractivity contribution in [1.82, 2.24) is 0 Å². The Morgan fingerprint density at radius 1 is 1.05 bits per heavy atom. The summed E-state index contributed by atoms with van der Waals surface area (Å²) in [6, 6.07) is 8.13. The van der Waals surface area contributed by atoms with Crippen LogP contribution in [-0.4, -0.2) is 18.7 Å². The first-order valence-electron chi connectivity index (χ1n) is 6.31. The van der Waals surface area contributed by atoms with Gasteiger partial charge in [-0.05, 0) is 38.5 Å². The molecule has 2 nitrogen and oxygen atoms in total. The van der Waals surface area contributed by atoms with Gasteiger partial charge in [-0.15, -0.1) is 12.8 Å². The average molecular weight is 255 g/mol. The maximum absolute atomic E-state index is 5.73. The molecule has 19 heavy (non-hydrogen) atoms. The number of benzene rings is 1. The quantitative estimate of drug-likeness (QED) is 0.750. The van der Waals surface area contributed by atoms with Gasteiger partial charge in [0, 0.05) is 5.69 Å². The van der Waals surface area contributed by atoms with E-state index in [4.69, 9.17) is 17.6 Å². The third-order valence-electron chi connectivity index (χ3n) is 2.54. The highest BCUT2D eigenvalue weighted by atomic mass is 16.5. The van der Waals surface area contributed by atoms with E-state index in [9.17, 15) is 0 Å². The Hall–Kier alpha value is -1.90. The lowest BCUT2D eigenvalue weighted by Crippen LogP contribution is -2.23. The molecule has 2 heteroatoms. The van der Waals surface area contributed by atoms with Crippen molar-refractivity contribution in [3.05, 3.63) is 29.8 Å². The van der Waals surface area contributed by atoms with Crippen molar-refractivity contribution in [2.24, 2.45) is 0 Å². The minimum atomic E-state index is -0.127. The highest BCUT2D eigenvalue weighted by molar-refractivity contribution is 5.49. The predicted octanol–water partition coefficient (Wildman–Crippen LogP) is 3.07. The van der Waals surface area contributed by atoms with Crippen LogP contribution >= 0.6 is 0 Å². The van der Waals surface area contributed by atoms with Crippen LogP contribution < -0.4 is 4.90 Å². The van der Waals surface area contributed by atoms with E-state index >= 15 is 0 Å². The number of terminal acetylenes is 2. The molecule has 0 unspecified atom stereocenters. The Bertz CT molecular complexity index is 452. The molecular weight excluding hydrogens is 234 g/mol. The van der Waals surface area contributed by atoms with Gasteiger partial charge in [-0.3, -0.25) is 0 Å². The van der Waals surface area contributed by atoms with Gasteiger partial charge in [0.1, 0.15) is 0 Å². The van der Waals surface area contributed by atoms with Gasteiger partial charge < -0.3 is 9.64 Å². The maximum atomic E-state index is 5.73. The average Bonchev–Trinajstić information content (AvgIpc) is 2.36. The van der Waals surface area contributed by atoms with Gasteiger partial charge in [0.2, 0.25) is 0 Å². The summed E-state index contributed by atoms with van der Waals surface area (Å²) in [5.41, 5.74) is 2.05. The first-order chi connectivity index (χ1) is 8.96. The normalized spacial score (nSPS) is 10.6. The highest BCUT2D eigenvalue weighted by Crippen LogP contribution is 2.17. The Kier molecular flexibility index (Phi) is 5.49. The molecule has 0 fully saturated rings. The van der Waals surface area contributed by atoms with Crippen molar-refractivity contribution in [3.8, 4) is 24.7 Å². The van der Waals surface area contributed by atoms with E-state index < -0.39 is 0 Å². The zero-order valence-corrected chi connectivity index (χ0v) is 11.9. The summed E-state index contributed by atoms with van der Waals surface area (Å²) in [6.07, 6.45) is 10.7. The molecule has 0 aliphatic carbocycles. The molecule has 0 saturated carbocycles. The van der Waals surface area contributed by atoms with E-state index in [0.717, 1.165) is 11.3 Å². The maximum Gasteiger partial charge on any atom is 0.0801 e. The van der Waals surface area contributed by atoms with Crippen molar-refractivity contribution in [2.45, 2.75) is 33.0 Å². The van der Waals surface area contributed by atoms with Gasteiger partial charge in [0.15, 0.2) is 0 Å². The minimum absolute atomic E-state index is 0.127. The van der Waals surface area contributed by atoms with Crippen LogP contribution in [0.1, 0.15) is 26.3 Å². The van der Waals surface area contributed by atoms with Gasteiger partial charge in [0.05, 0.1) is 25.3 Å². The third kappa shape index (κ3) is 5.51. The summed E-state index contributed by atoms with van der Waals surface area (Å²) in [4.78, 5) is 1.98. The summed E-state index contributed by atoms with van der Waals surface area (Å²) in [5, 5.41) is 0. The van der Waals surface area contributed by atoms with E-state index in [1.807, 2.05) is 49.9 Å². The highest BCUT2D eigenvalue weighted by Gasteiger charge is 2.10. The summed E-state index contributed by atoms with van der Waals surface area (Å²) in [5.74, 6) is 5.23. The Labute approximate surface area is 116 Å². The molecule has 0 spiro atoms. The monoisotopic (exact) mass is 255 g/mol. The number of nitrogens with zero attached hydrogens (tertiary/aromatic N) is 1. The molecular formula is C17H21NO. The van der Waals surface area contributed by atoms with Gasteiger partial charge in [-0.25, -0.2) is 0 Å². The standard InChI is InChI=1S/C17H21NO/c1-6-12-18(13-7-2)16-10-8-15(9-11-16)14-19-17(3,4)5/h1-2,8-11H,12-14H2,3-5H3. The number of hydrogen-bond acceptors (Lipinski definition) is 2. The minimum Gasteiger partial charge on any atom is -0.371 e. The fraction of sp³-hybridized carbons (Fsp3) is 0.412. The molecule has 0 radical (unpaired) electrons. The molecule has 0 heterocycles. The van der Waals surface area contributed by atoms with Gasteiger partial charge >= 0.3 is 0 Å². The topological polar surface area (TPSA) is 12.5 Å². The lowest BCUT2D eigenvalue weighted by atomic mass is 10.1. The Morgan fingerprint density at radius 3 is 2.00 bits per heavy atom. The fourth-order valence-electron chi connectivity index (χ4n) is 1.56. The number of hydrogen-bond donors (Lipinski definition) is 0. The first kappa shape index (κ1) is 15.2. The van der Waals surface area contributed by atoms with Crippen LogP contribution in [0.3, 0.4) is 0 Å². The van der Waals surface area contributed by atoms with E-state index in [2.05, 4.69) is 11.8 Å². The zero-order valence-electron chi connectivity index (χ0n) is 11.9. The molecule has 0 atom stereocenters. The molecule has 0 amide bonds. The summed E-state index contributed by atoms with van der Waals surface area (Å²) in [6.45, 7) is 7.77. The van der Waals surface area contributed by atoms with Crippen LogP contribution in [-0.2, 0) is 11.3 Å². The van der Waals surface area contributed by atoms with Crippen molar-refractivity contribution in [1.29, 1.82) is 0 Å². The number of rotatable bonds is 5. The molecule has 0 N–H and O–H groups in total. The van der Waals surface area contributed by atoms with Crippen LogP contribution in [0.25, 0.3) is 0 Å². The van der Waals surface area contributed by atoms with Crippen LogP contribution in [0.2, 0.25) is 0 Å². The number of anilines is 1. The van der Waals surface area contributed by atoms with E-state index in [1.165, 1.54) is 0 Å². The molecule has 0 aliphatic heterocycles. The largest absolute Gasteiger partial charge is 0.371 e. The van der Waals surface area contributed by atoms with Crippen LogP contribution in [0.15, 0.2) is 24.3 Å². The fourth-order valence-corrected chi connectivity index (χ4v) is 1.56. The zero-order chi connectivity index (χ0) is 14.3. The molecule has 0 saturated heterocycles. The second kappa shape index (κ2) is 6.88. The second-order valence-corrected chi connectivity index (χ2v) is 5.33. The summed E-state index contributed by atoms with van der Waals surface area (Å²) < 4.78 is 5.73. The SMILES string of the molecule is C#CCN(CC#C)c1ccc(COC(C)(C)C)cc1. The van der Waals surface area contributed by atoms with E-state index in [1.54, 1.807) is 0 Å². The third-order valence-corrected chi connectivity index (χ3v) is 2.54. The Morgan fingerprint density at radius 2 is 1.58 bits per heavy atom. The van der Waals surface area contributed by atoms with Crippen LogP contribution in [0.5, 0.6) is 0 Å². The Balaban J connectivity index is 2.70.